The summed E-state index contributed by atoms with van der Waals surface area (Å²) >= 11 is 0. The van der Waals surface area contributed by atoms with Crippen molar-refractivity contribution in [2.24, 2.45) is 5.92 Å². The fourth-order valence-electron chi connectivity index (χ4n) is 2.02. The van der Waals surface area contributed by atoms with Gasteiger partial charge in [-0.05, 0) is 18.8 Å². The minimum atomic E-state index is -3.35. The van der Waals surface area contributed by atoms with Crippen molar-refractivity contribution in [1.29, 1.82) is 0 Å². The van der Waals surface area contributed by atoms with Gasteiger partial charge in [0.25, 0.3) is 0 Å². The highest BCUT2D eigenvalue weighted by molar-refractivity contribution is 7.54. The van der Waals surface area contributed by atoms with Crippen LogP contribution in [-0.4, -0.2) is 25.2 Å². The van der Waals surface area contributed by atoms with Crippen LogP contribution in [0.15, 0.2) is 0 Å². The van der Waals surface area contributed by atoms with Gasteiger partial charge in [0.1, 0.15) is 0 Å². The second kappa shape index (κ2) is 9.09. The van der Waals surface area contributed by atoms with Gasteiger partial charge in [-0.15, -0.1) is 0 Å². The summed E-state index contributed by atoms with van der Waals surface area (Å²) in [6.45, 7) is 4.20. The van der Waals surface area contributed by atoms with Crippen LogP contribution in [0.3, 0.4) is 0 Å². The van der Waals surface area contributed by atoms with Gasteiger partial charge in [-0.3, -0.25) is 4.57 Å². The molecule has 0 fully saturated rings. The molecule has 0 saturated carbocycles. The van der Waals surface area contributed by atoms with Gasteiger partial charge in [-0.1, -0.05) is 39.5 Å². The molecule has 1 N–H and O–H groups in total. The molecule has 0 bridgehead atoms. The molecule has 0 aliphatic rings. The summed E-state index contributed by atoms with van der Waals surface area (Å²) in [5.41, 5.74) is 0. The SMILES string of the molecule is CCCCCC(CCC)C(O)P(=O)(OC)OC. The fourth-order valence-corrected chi connectivity index (χ4v) is 3.41. The summed E-state index contributed by atoms with van der Waals surface area (Å²) in [5, 5.41) is 10.1. The molecule has 4 nitrogen and oxygen atoms in total. The molecule has 0 aromatic heterocycles. The van der Waals surface area contributed by atoms with Crippen molar-refractivity contribution in [2.45, 2.75) is 58.2 Å². The van der Waals surface area contributed by atoms with E-state index >= 15 is 0 Å². The lowest BCUT2D eigenvalue weighted by molar-refractivity contribution is 0.117. The van der Waals surface area contributed by atoms with Gasteiger partial charge in [0.05, 0.1) is 0 Å². The lowest BCUT2D eigenvalue weighted by Crippen LogP contribution is -2.22. The third-order valence-electron chi connectivity index (χ3n) is 3.09. The molecule has 5 heteroatoms. The van der Waals surface area contributed by atoms with E-state index in [4.69, 9.17) is 9.05 Å². The molecule has 0 aliphatic heterocycles. The highest BCUT2D eigenvalue weighted by Crippen LogP contribution is 2.54. The Hall–Kier alpha value is 0.110. The third-order valence-corrected chi connectivity index (χ3v) is 5.18. The van der Waals surface area contributed by atoms with E-state index in [1.54, 1.807) is 0 Å². The molecule has 104 valence electrons. The Balaban J connectivity index is 4.51. The first-order valence-corrected chi connectivity index (χ1v) is 8.06. The van der Waals surface area contributed by atoms with Crippen LogP contribution in [0.4, 0.5) is 0 Å². The maximum absolute atomic E-state index is 12.1. The monoisotopic (exact) mass is 266 g/mol. The zero-order chi connectivity index (χ0) is 13.3. The van der Waals surface area contributed by atoms with Crippen LogP contribution < -0.4 is 0 Å². The smallest absolute Gasteiger partial charge is 0.358 e. The van der Waals surface area contributed by atoms with Crippen molar-refractivity contribution >= 4 is 7.60 Å². The molecule has 0 aliphatic carbocycles. The predicted octanol–water partition coefficient (Wildman–Crippen LogP) is 3.79. The summed E-state index contributed by atoms with van der Waals surface area (Å²) in [7, 11) is -0.707. The Labute approximate surface area is 105 Å². The first-order chi connectivity index (χ1) is 8.05. The molecule has 0 amide bonds. The minimum absolute atomic E-state index is 0.00252. The normalized spacial score (nSPS) is 15.8. The van der Waals surface area contributed by atoms with Crippen LogP contribution in [0.1, 0.15) is 52.4 Å². The van der Waals surface area contributed by atoms with Crippen molar-refractivity contribution in [3.63, 3.8) is 0 Å². The van der Waals surface area contributed by atoms with E-state index in [1.165, 1.54) is 14.2 Å². The Morgan fingerprint density at radius 3 is 2.06 bits per heavy atom. The summed E-state index contributed by atoms with van der Waals surface area (Å²) in [5.74, 6) is -1.01. The van der Waals surface area contributed by atoms with E-state index in [9.17, 15) is 9.67 Å². The zero-order valence-electron chi connectivity index (χ0n) is 11.5. The maximum Gasteiger partial charge on any atom is 0.358 e. The molecule has 2 atom stereocenters. The molecule has 0 aromatic carbocycles. The topological polar surface area (TPSA) is 55.8 Å². The van der Waals surface area contributed by atoms with E-state index in [0.29, 0.717) is 0 Å². The molecular formula is C12H27O4P. The standard InChI is InChI=1S/C12H27O4P/c1-5-7-8-10-11(9-6-2)12(13)17(14,15-3)16-4/h11-13H,5-10H2,1-4H3. The van der Waals surface area contributed by atoms with Gasteiger partial charge >= 0.3 is 7.60 Å². The van der Waals surface area contributed by atoms with Crippen LogP contribution in [-0.2, 0) is 13.6 Å². The molecule has 17 heavy (non-hydrogen) atoms. The fraction of sp³-hybridized carbons (Fsp3) is 1.00. The summed E-state index contributed by atoms with van der Waals surface area (Å²) in [4.78, 5) is 0. The highest BCUT2D eigenvalue weighted by Gasteiger charge is 2.37. The van der Waals surface area contributed by atoms with Crippen molar-refractivity contribution in [1.82, 2.24) is 0 Å². The van der Waals surface area contributed by atoms with E-state index in [1.807, 2.05) is 0 Å². The summed E-state index contributed by atoms with van der Waals surface area (Å²) < 4.78 is 21.8. The lowest BCUT2D eigenvalue weighted by Gasteiger charge is -2.27. The molecule has 0 rings (SSSR count). The number of hydrogen-bond acceptors (Lipinski definition) is 4. The average molecular weight is 266 g/mol. The molecule has 0 aromatic rings. The number of rotatable bonds is 10. The second-order valence-electron chi connectivity index (χ2n) is 4.36. The molecule has 2 unspecified atom stereocenters. The molecule has 0 radical (unpaired) electrons. The van der Waals surface area contributed by atoms with Gasteiger partial charge in [-0.2, -0.15) is 0 Å². The van der Waals surface area contributed by atoms with Crippen LogP contribution in [0.2, 0.25) is 0 Å². The van der Waals surface area contributed by atoms with Crippen LogP contribution in [0, 0.1) is 5.92 Å². The molecular weight excluding hydrogens is 239 g/mol. The highest BCUT2D eigenvalue weighted by atomic mass is 31.2. The maximum atomic E-state index is 12.1. The zero-order valence-corrected chi connectivity index (χ0v) is 12.4. The minimum Gasteiger partial charge on any atom is -0.380 e. The first kappa shape index (κ1) is 17.1. The van der Waals surface area contributed by atoms with Crippen LogP contribution >= 0.6 is 7.60 Å². The van der Waals surface area contributed by atoms with Gasteiger partial charge in [-0.25, -0.2) is 0 Å². The van der Waals surface area contributed by atoms with Gasteiger partial charge in [0.15, 0.2) is 5.85 Å². The quantitative estimate of drug-likeness (QED) is 0.483. The van der Waals surface area contributed by atoms with Crippen LogP contribution in [0.25, 0.3) is 0 Å². The van der Waals surface area contributed by atoms with Gasteiger partial charge in [0.2, 0.25) is 0 Å². The Kier molecular flexibility index (Phi) is 9.15. The number of aliphatic hydroxyl groups excluding tert-OH is 1. The van der Waals surface area contributed by atoms with E-state index in [-0.39, 0.29) is 5.92 Å². The van der Waals surface area contributed by atoms with Gasteiger partial charge < -0.3 is 14.2 Å². The third kappa shape index (κ3) is 5.52. The van der Waals surface area contributed by atoms with Crippen molar-refractivity contribution in [3.8, 4) is 0 Å². The summed E-state index contributed by atoms with van der Waals surface area (Å²) in [6.07, 6.45) is 6.01. The summed E-state index contributed by atoms with van der Waals surface area (Å²) in [6, 6.07) is 0. The predicted molar refractivity (Wildman–Crippen MR) is 70.2 cm³/mol. The van der Waals surface area contributed by atoms with Crippen molar-refractivity contribution < 1.29 is 18.7 Å². The number of aliphatic hydroxyl groups is 1. The second-order valence-corrected chi connectivity index (χ2v) is 6.70. The Morgan fingerprint density at radius 2 is 1.65 bits per heavy atom. The largest absolute Gasteiger partial charge is 0.380 e. The van der Waals surface area contributed by atoms with E-state index in [2.05, 4.69) is 13.8 Å². The average Bonchev–Trinajstić information content (AvgIpc) is 2.36. The molecule has 0 saturated heterocycles. The molecule has 0 heterocycles. The first-order valence-electron chi connectivity index (χ1n) is 6.44. The van der Waals surface area contributed by atoms with Crippen LogP contribution in [0.5, 0.6) is 0 Å². The lowest BCUT2D eigenvalue weighted by atomic mass is 9.97. The molecule has 0 spiro atoms. The van der Waals surface area contributed by atoms with Crippen molar-refractivity contribution in [3.05, 3.63) is 0 Å². The van der Waals surface area contributed by atoms with E-state index in [0.717, 1.165) is 38.5 Å². The van der Waals surface area contributed by atoms with E-state index < -0.39 is 13.4 Å². The number of unbranched alkanes of at least 4 members (excludes halogenated alkanes) is 2. The van der Waals surface area contributed by atoms with Crippen molar-refractivity contribution in [2.75, 3.05) is 14.2 Å². The number of hydrogen-bond donors (Lipinski definition) is 1. The van der Waals surface area contributed by atoms with Gasteiger partial charge in [0, 0.05) is 14.2 Å². The Morgan fingerprint density at radius 1 is 1.06 bits per heavy atom. The Bertz CT molecular complexity index is 225.